The summed E-state index contributed by atoms with van der Waals surface area (Å²) < 4.78 is 26.6. The Kier molecular flexibility index (Phi) is 4.62. The van der Waals surface area contributed by atoms with Gasteiger partial charge in [-0.3, -0.25) is 4.79 Å². The van der Waals surface area contributed by atoms with E-state index in [1.54, 1.807) is 12.1 Å². The van der Waals surface area contributed by atoms with E-state index in [1.165, 1.54) is 19.2 Å². The highest BCUT2D eigenvalue weighted by molar-refractivity contribution is 7.89. The molecule has 1 amide bonds. The second-order valence-corrected chi connectivity index (χ2v) is 4.96. The molecule has 0 fully saturated rings. The Bertz CT molecular complexity index is 482. The van der Waals surface area contributed by atoms with Crippen molar-refractivity contribution in [3.05, 3.63) is 29.8 Å². The number of hydrogen-bond donors (Lipinski definition) is 2. The number of benzene rings is 1. The minimum Gasteiger partial charge on any atom is -0.375 e. The maximum absolute atomic E-state index is 11.1. The number of sulfonamides is 1. The standard InChI is InChI=1S/C10H14N2O4S/c1-16-7-10(13)12-6-8-2-4-9(5-3-8)17(11,14)15/h2-5H,6-7H2,1H3,(H,12,13)(H2,11,14,15). The molecule has 0 aliphatic heterocycles. The van der Waals surface area contributed by atoms with Gasteiger partial charge >= 0.3 is 0 Å². The van der Waals surface area contributed by atoms with Crippen LogP contribution >= 0.6 is 0 Å². The fourth-order valence-electron chi connectivity index (χ4n) is 1.18. The molecule has 0 bridgehead atoms. The zero-order valence-electron chi connectivity index (χ0n) is 9.34. The van der Waals surface area contributed by atoms with Gasteiger partial charge in [-0.25, -0.2) is 13.6 Å². The lowest BCUT2D eigenvalue weighted by atomic mass is 10.2. The van der Waals surface area contributed by atoms with Crippen LogP contribution in [-0.4, -0.2) is 28.0 Å². The van der Waals surface area contributed by atoms with Crippen molar-refractivity contribution >= 4 is 15.9 Å². The molecule has 7 heteroatoms. The third-order valence-electron chi connectivity index (χ3n) is 2.02. The Labute approximate surface area is 99.8 Å². The van der Waals surface area contributed by atoms with Crippen LogP contribution in [0.3, 0.4) is 0 Å². The number of nitrogens with one attached hydrogen (secondary N) is 1. The highest BCUT2D eigenvalue weighted by Gasteiger charge is 2.07. The maximum atomic E-state index is 11.1. The van der Waals surface area contributed by atoms with Crippen LogP contribution in [0.4, 0.5) is 0 Å². The quantitative estimate of drug-likeness (QED) is 0.750. The summed E-state index contributed by atoms with van der Waals surface area (Å²) >= 11 is 0. The van der Waals surface area contributed by atoms with Gasteiger partial charge in [-0.2, -0.15) is 0 Å². The zero-order chi connectivity index (χ0) is 12.9. The van der Waals surface area contributed by atoms with Crippen LogP contribution in [0.5, 0.6) is 0 Å². The molecule has 0 heterocycles. The van der Waals surface area contributed by atoms with Crippen molar-refractivity contribution in [2.45, 2.75) is 11.4 Å². The monoisotopic (exact) mass is 258 g/mol. The lowest BCUT2D eigenvalue weighted by molar-refractivity contribution is -0.124. The SMILES string of the molecule is COCC(=O)NCc1ccc(S(N)(=O)=O)cc1. The molecule has 0 aromatic heterocycles. The zero-order valence-corrected chi connectivity index (χ0v) is 10.2. The van der Waals surface area contributed by atoms with Crippen LogP contribution < -0.4 is 10.5 Å². The van der Waals surface area contributed by atoms with Crippen molar-refractivity contribution in [1.82, 2.24) is 5.32 Å². The third kappa shape index (κ3) is 4.51. The number of amides is 1. The second-order valence-electron chi connectivity index (χ2n) is 3.40. The van der Waals surface area contributed by atoms with Gasteiger partial charge in [0.1, 0.15) is 6.61 Å². The fraction of sp³-hybridized carbons (Fsp3) is 0.300. The van der Waals surface area contributed by atoms with Gasteiger partial charge in [-0.1, -0.05) is 12.1 Å². The van der Waals surface area contributed by atoms with Crippen molar-refractivity contribution in [1.29, 1.82) is 0 Å². The van der Waals surface area contributed by atoms with Crippen molar-refractivity contribution < 1.29 is 17.9 Å². The van der Waals surface area contributed by atoms with Gasteiger partial charge in [0.25, 0.3) is 0 Å². The van der Waals surface area contributed by atoms with E-state index in [2.05, 4.69) is 10.1 Å². The number of methoxy groups -OCH3 is 1. The van der Waals surface area contributed by atoms with Crippen LogP contribution in [0.15, 0.2) is 29.2 Å². The number of rotatable bonds is 5. The van der Waals surface area contributed by atoms with Gasteiger partial charge < -0.3 is 10.1 Å². The van der Waals surface area contributed by atoms with Gasteiger partial charge in [-0.15, -0.1) is 0 Å². The Hall–Kier alpha value is -1.44. The highest BCUT2D eigenvalue weighted by atomic mass is 32.2. The summed E-state index contributed by atoms with van der Waals surface area (Å²) in [5.74, 6) is -0.233. The molecule has 0 aliphatic carbocycles. The Morgan fingerprint density at radius 1 is 1.35 bits per heavy atom. The summed E-state index contributed by atoms with van der Waals surface area (Å²) in [5.41, 5.74) is 0.779. The molecule has 94 valence electrons. The minimum atomic E-state index is -3.67. The molecule has 6 nitrogen and oxygen atoms in total. The number of hydrogen-bond acceptors (Lipinski definition) is 4. The summed E-state index contributed by atoms with van der Waals surface area (Å²) in [6.07, 6.45) is 0. The van der Waals surface area contributed by atoms with Gasteiger partial charge in [-0.05, 0) is 17.7 Å². The van der Waals surface area contributed by atoms with Gasteiger partial charge in [0, 0.05) is 13.7 Å². The van der Waals surface area contributed by atoms with Crippen molar-refractivity contribution in [2.75, 3.05) is 13.7 Å². The molecule has 0 saturated heterocycles. The number of carbonyl (C=O) groups excluding carboxylic acids is 1. The molecule has 0 radical (unpaired) electrons. The fourth-order valence-corrected chi connectivity index (χ4v) is 1.70. The van der Waals surface area contributed by atoms with Gasteiger partial charge in [0.15, 0.2) is 0 Å². The Morgan fingerprint density at radius 2 is 1.94 bits per heavy atom. The van der Waals surface area contributed by atoms with Crippen molar-refractivity contribution in [2.24, 2.45) is 5.14 Å². The van der Waals surface area contributed by atoms with Crippen LogP contribution in [0.2, 0.25) is 0 Å². The largest absolute Gasteiger partial charge is 0.375 e. The van der Waals surface area contributed by atoms with Gasteiger partial charge in [0.05, 0.1) is 4.90 Å². The molecule has 0 spiro atoms. The molecule has 0 saturated carbocycles. The lowest BCUT2D eigenvalue weighted by Crippen LogP contribution is -2.26. The van der Waals surface area contributed by atoms with E-state index in [0.29, 0.717) is 6.54 Å². The summed E-state index contributed by atoms with van der Waals surface area (Å²) in [5, 5.41) is 7.57. The van der Waals surface area contributed by atoms with Crippen molar-refractivity contribution in [3.63, 3.8) is 0 Å². The number of nitrogens with two attached hydrogens (primary N) is 1. The van der Waals surface area contributed by atoms with Gasteiger partial charge in [0.2, 0.25) is 15.9 Å². The number of primary sulfonamides is 1. The molecule has 0 atom stereocenters. The first-order valence-electron chi connectivity index (χ1n) is 4.81. The average Bonchev–Trinajstić information content (AvgIpc) is 2.26. The molecule has 1 rings (SSSR count). The van der Waals surface area contributed by atoms with Crippen LogP contribution in [0, 0.1) is 0 Å². The van der Waals surface area contributed by atoms with Crippen molar-refractivity contribution in [3.8, 4) is 0 Å². The second kappa shape index (κ2) is 5.76. The summed E-state index contributed by atoms with van der Waals surface area (Å²) in [6.45, 7) is 0.308. The lowest BCUT2D eigenvalue weighted by Gasteiger charge is -2.05. The normalized spacial score (nSPS) is 11.2. The smallest absolute Gasteiger partial charge is 0.246 e. The minimum absolute atomic E-state index is 0.00470. The summed E-state index contributed by atoms with van der Waals surface area (Å²) in [7, 11) is -2.24. The third-order valence-corrected chi connectivity index (χ3v) is 2.95. The van der Waals surface area contributed by atoms with E-state index >= 15 is 0 Å². The first-order chi connectivity index (χ1) is 7.93. The first kappa shape index (κ1) is 13.6. The molecule has 0 unspecified atom stereocenters. The molecular formula is C10H14N2O4S. The molecule has 1 aromatic carbocycles. The number of carbonyl (C=O) groups is 1. The first-order valence-corrected chi connectivity index (χ1v) is 6.35. The van der Waals surface area contributed by atoms with E-state index in [1.807, 2.05) is 0 Å². The molecular weight excluding hydrogens is 244 g/mol. The highest BCUT2D eigenvalue weighted by Crippen LogP contribution is 2.08. The van der Waals surface area contributed by atoms with Crippen LogP contribution in [0.1, 0.15) is 5.56 Å². The molecule has 1 aromatic rings. The summed E-state index contributed by atoms with van der Waals surface area (Å²) in [6, 6.07) is 5.97. The van der Waals surface area contributed by atoms with E-state index in [9.17, 15) is 13.2 Å². The topological polar surface area (TPSA) is 98.5 Å². The predicted molar refractivity (Wildman–Crippen MR) is 61.5 cm³/mol. The number of ether oxygens (including phenoxy) is 1. The molecule has 0 aliphatic rings. The van der Waals surface area contributed by atoms with E-state index in [-0.39, 0.29) is 17.4 Å². The van der Waals surface area contributed by atoms with Crippen LogP contribution in [0.25, 0.3) is 0 Å². The predicted octanol–water partition coefficient (Wildman–Crippen LogP) is -0.403. The Morgan fingerprint density at radius 3 is 2.41 bits per heavy atom. The summed E-state index contributed by atoms with van der Waals surface area (Å²) in [4.78, 5) is 11.1. The maximum Gasteiger partial charge on any atom is 0.246 e. The Balaban J connectivity index is 2.60. The van der Waals surface area contributed by atoms with E-state index < -0.39 is 10.0 Å². The average molecular weight is 258 g/mol. The molecule has 3 N–H and O–H groups in total. The van der Waals surface area contributed by atoms with E-state index in [4.69, 9.17) is 5.14 Å². The molecule has 17 heavy (non-hydrogen) atoms. The van der Waals surface area contributed by atoms with E-state index in [0.717, 1.165) is 5.56 Å². The van der Waals surface area contributed by atoms with Crippen LogP contribution in [-0.2, 0) is 26.1 Å².